The van der Waals surface area contributed by atoms with Crippen molar-refractivity contribution in [3.63, 3.8) is 0 Å². The van der Waals surface area contributed by atoms with Gasteiger partial charge in [-0.1, -0.05) is 6.07 Å². The van der Waals surface area contributed by atoms with Gasteiger partial charge in [0.25, 0.3) is 0 Å². The lowest BCUT2D eigenvalue weighted by Crippen LogP contribution is -2.49. The number of hydrogen-bond donors (Lipinski definition) is 1. The molecule has 0 amide bonds. The Bertz CT molecular complexity index is 567. The van der Waals surface area contributed by atoms with Crippen molar-refractivity contribution < 1.29 is 22.3 Å². The molecule has 1 aromatic carbocycles. The van der Waals surface area contributed by atoms with Gasteiger partial charge in [0.2, 0.25) is 10.0 Å². The fraction of sp³-hybridized carbons (Fsp3) is 0.538. The number of sulfonamides is 1. The van der Waals surface area contributed by atoms with Crippen molar-refractivity contribution in [3.05, 3.63) is 29.8 Å². The van der Waals surface area contributed by atoms with E-state index in [9.17, 15) is 17.2 Å². The zero-order valence-corrected chi connectivity index (χ0v) is 12.3. The Morgan fingerprint density at radius 1 is 1.10 bits per heavy atom. The molecule has 0 saturated carbocycles. The third-order valence-corrected chi connectivity index (χ3v) is 5.43. The van der Waals surface area contributed by atoms with Crippen LogP contribution in [0, 0.1) is 11.6 Å². The molecule has 1 aliphatic rings. The minimum atomic E-state index is -4.16. The van der Waals surface area contributed by atoms with Crippen molar-refractivity contribution >= 4 is 10.0 Å². The maximum absolute atomic E-state index is 13.7. The van der Waals surface area contributed by atoms with Gasteiger partial charge < -0.3 is 10.0 Å². The molecule has 1 N–H and O–H groups in total. The Morgan fingerprint density at radius 2 is 1.67 bits per heavy atom. The van der Waals surface area contributed by atoms with E-state index >= 15 is 0 Å². The Hall–Kier alpha value is -1.09. The van der Waals surface area contributed by atoms with Crippen LogP contribution in [-0.4, -0.2) is 62.1 Å². The van der Waals surface area contributed by atoms with Crippen LogP contribution in [0.15, 0.2) is 23.1 Å². The lowest BCUT2D eigenvalue weighted by Gasteiger charge is -2.33. The summed E-state index contributed by atoms with van der Waals surface area (Å²) in [6, 6.07) is 3.01. The topological polar surface area (TPSA) is 60.9 Å². The first-order chi connectivity index (χ1) is 9.96. The number of rotatable bonds is 5. The van der Waals surface area contributed by atoms with Crippen molar-refractivity contribution in [3.8, 4) is 0 Å². The van der Waals surface area contributed by atoms with E-state index in [0.717, 1.165) is 22.5 Å². The molecule has 0 radical (unpaired) electrons. The second-order valence-corrected chi connectivity index (χ2v) is 6.75. The largest absolute Gasteiger partial charge is 0.396 e. The van der Waals surface area contributed by atoms with Crippen LogP contribution in [0.4, 0.5) is 8.78 Å². The van der Waals surface area contributed by atoms with Gasteiger partial charge in [-0.05, 0) is 18.6 Å². The van der Waals surface area contributed by atoms with E-state index in [1.54, 1.807) is 0 Å². The molecule has 0 aliphatic carbocycles. The van der Waals surface area contributed by atoms with Gasteiger partial charge in [-0.15, -0.1) is 0 Å². The maximum atomic E-state index is 13.7. The molecule has 1 saturated heterocycles. The minimum Gasteiger partial charge on any atom is -0.396 e. The molecule has 1 fully saturated rings. The van der Waals surface area contributed by atoms with Crippen molar-refractivity contribution in [2.75, 3.05) is 39.3 Å². The number of aliphatic hydroxyl groups excluding tert-OH is 1. The average molecular weight is 320 g/mol. The molecule has 1 aromatic rings. The lowest BCUT2D eigenvalue weighted by molar-refractivity contribution is 0.170. The molecule has 8 heteroatoms. The summed E-state index contributed by atoms with van der Waals surface area (Å²) in [5, 5.41) is 8.77. The highest BCUT2D eigenvalue weighted by Gasteiger charge is 2.32. The van der Waals surface area contributed by atoms with Crippen LogP contribution in [0.3, 0.4) is 0 Å². The fourth-order valence-corrected chi connectivity index (χ4v) is 3.88. The number of nitrogens with zero attached hydrogens (tertiary/aromatic N) is 2. The first-order valence-corrected chi connectivity index (χ1v) is 8.18. The highest BCUT2D eigenvalue weighted by atomic mass is 32.2. The number of benzene rings is 1. The molecule has 0 bridgehead atoms. The molecule has 1 heterocycles. The van der Waals surface area contributed by atoms with Gasteiger partial charge in [0, 0.05) is 39.3 Å². The monoisotopic (exact) mass is 320 g/mol. The van der Waals surface area contributed by atoms with E-state index in [-0.39, 0.29) is 19.7 Å². The van der Waals surface area contributed by atoms with Crippen molar-refractivity contribution in [2.45, 2.75) is 11.3 Å². The molecule has 0 unspecified atom stereocenters. The van der Waals surface area contributed by atoms with Gasteiger partial charge in [-0.25, -0.2) is 17.2 Å². The van der Waals surface area contributed by atoms with Crippen molar-refractivity contribution in [1.82, 2.24) is 9.21 Å². The Kier molecular flexibility index (Phi) is 5.26. The molecular formula is C13H18F2N2O3S. The van der Waals surface area contributed by atoms with Gasteiger partial charge in [0.15, 0.2) is 4.90 Å². The first-order valence-electron chi connectivity index (χ1n) is 6.74. The molecule has 0 atom stereocenters. The summed E-state index contributed by atoms with van der Waals surface area (Å²) < 4.78 is 53.1. The van der Waals surface area contributed by atoms with Crippen LogP contribution in [0.1, 0.15) is 6.42 Å². The summed E-state index contributed by atoms with van der Waals surface area (Å²) in [6.45, 7) is 2.09. The fourth-order valence-electron chi connectivity index (χ4n) is 2.35. The highest BCUT2D eigenvalue weighted by molar-refractivity contribution is 7.89. The second-order valence-electron chi connectivity index (χ2n) is 4.87. The molecular weight excluding hydrogens is 302 g/mol. The van der Waals surface area contributed by atoms with E-state index in [2.05, 4.69) is 0 Å². The van der Waals surface area contributed by atoms with Crippen molar-refractivity contribution in [1.29, 1.82) is 0 Å². The minimum absolute atomic E-state index is 0.0823. The van der Waals surface area contributed by atoms with E-state index in [4.69, 9.17) is 5.11 Å². The predicted molar refractivity (Wildman–Crippen MR) is 73.3 cm³/mol. The third-order valence-electron chi connectivity index (χ3n) is 3.48. The number of aliphatic hydroxyl groups is 1. The van der Waals surface area contributed by atoms with Crippen LogP contribution >= 0.6 is 0 Å². The smallest absolute Gasteiger partial charge is 0.249 e. The lowest BCUT2D eigenvalue weighted by atomic mass is 10.3. The van der Waals surface area contributed by atoms with Gasteiger partial charge >= 0.3 is 0 Å². The zero-order valence-electron chi connectivity index (χ0n) is 11.5. The van der Waals surface area contributed by atoms with Gasteiger partial charge in [-0.2, -0.15) is 4.31 Å². The molecule has 1 aliphatic heterocycles. The summed E-state index contributed by atoms with van der Waals surface area (Å²) >= 11 is 0. The summed E-state index contributed by atoms with van der Waals surface area (Å²) in [7, 11) is -4.16. The van der Waals surface area contributed by atoms with E-state index in [1.807, 2.05) is 4.90 Å². The molecule has 118 valence electrons. The first kappa shape index (κ1) is 16.3. The summed E-state index contributed by atoms with van der Waals surface area (Å²) in [5.41, 5.74) is 0. The standard InChI is InChI=1S/C13H18F2N2O3S/c14-11-3-1-4-12(15)13(11)21(19,20)17-8-6-16(7-9-17)5-2-10-18/h1,3-4,18H,2,5-10H2. The normalized spacial score (nSPS) is 18.0. The molecule has 21 heavy (non-hydrogen) atoms. The number of halogens is 2. The van der Waals surface area contributed by atoms with Crippen LogP contribution in [0.25, 0.3) is 0 Å². The Balaban J connectivity index is 2.12. The molecule has 5 nitrogen and oxygen atoms in total. The summed E-state index contributed by atoms with van der Waals surface area (Å²) in [4.78, 5) is 1.13. The van der Waals surface area contributed by atoms with Crippen LogP contribution in [0.5, 0.6) is 0 Å². The van der Waals surface area contributed by atoms with E-state index < -0.39 is 26.6 Å². The molecule has 2 rings (SSSR count). The maximum Gasteiger partial charge on any atom is 0.249 e. The Labute approximate surface area is 122 Å². The van der Waals surface area contributed by atoms with Gasteiger partial charge in [-0.3, -0.25) is 0 Å². The summed E-state index contributed by atoms with van der Waals surface area (Å²) in [5.74, 6) is -2.14. The van der Waals surface area contributed by atoms with E-state index in [1.165, 1.54) is 0 Å². The number of hydrogen-bond acceptors (Lipinski definition) is 4. The summed E-state index contributed by atoms with van der Waals surface area (Å²) in [6.07, 6.45) is 0.620. The predicted octanol–water partition coefficient (Wildman–Crippen LogP) is 0.654. The van der Waals surface area contributed by atoms with Crippen LogP contribution in [-0.2, 0) is 10.0 Å². The number of piperazine rings is 1. The third kappa shape index (κ3) is 3.57. The zero-order chi connectivity index (χ0) is 15.5. The van der Waals surface area contributed by atoms with Crippen LogP contribution < -0.4 is 0 Å². The Morgan fingerprint density at radius 3 is 2.19 bits per heavy atom. The SMILES string of the molecule is O=S(=O)(c1c(F)cccc1F)N1CCN(CCCO)CC1. The average Bonchev–Trinajstić information content (AvgIpc) is 2.45. The van der Waals surface area contributed by atoms with Gasteiger partial charge in [0.05, 0.1) is 0 Å². The van der Waals surface area contributed by atoms with E-state index in [0.29, 0.717) is 26.1 Å². The molecule has 0 spiro atoms. The highest BCUT2D eigenvalue weighted by Crippen LogP contribution is 2.23. The second kappa shape index (κ2) is 6.78. The van der Waals surface area contributed by atoms with Crippen molar-refractivity contribution in [2.24, 2.45) is 0 Å². The van der Waals surface area contributed by atoms with Crippen LogP contribution in [0.2, 0.25) is 0 Å². The quantitative estimate of drug-likeness (QED) is 0.865. The van der Waals surface area contributed by atoms with Gasteiger partial charge in [0.1, 0.15) is 11.6 Å². The molecule has 0 aromatic heterocycles.